The van der Waals surface area contributed by atoms with Gasteiger partial charge in [0.2, 0.25) is 0 Å². The topological polar surface area (TPSA) is 72.5 Å². The molecule has 2 amide bonds. The minimum Gasteiger partial charge on any atom is -0.487 e. The number of benzene rings is 1. The molecule has 1 aliphatic rings. The van der Waals surface area contributed by atoms with Crippen LogP contribution in [0.25, 0.3) is 0 Å². The molecule has 0 spiro atoms. The van der Waals surface area contributed by atoms with E-state index in [1.165, 1.54) is 19.3 Å². The predicted octanol–water partition coefficient (Wildman–Crippen LogP) is 4.38. The normalized spacial score (nSPS) is 19.0. The zero-order valence-electron chi connectivity index (χ0n) is 16.4. The minimum atomic E-state index is -0.248. The highest BCUT2D eigenvalue weighted by atomic mass is 16.5. The van der Waals surface area contributed by atoms with Gasteiger partial charge in [-0.05, 0) is 43.0 Å². The Morgan fingerprint density at radius 2 is 2.07 bits per heavy atom. The lowest BCUT2D eigenvalue weighted by Crippen LogP contribution is -2.34. The summed E-state index contributed by atoms with van der Waals surface area (Å²) in [6, 6.07) is 12.8. The van der Waals surface area contributed by atoms with Crippen molar-refractivity contribution in [1.82, 2.24) is 10.3 Å². The molecule has 2 atom stereocenters. The van der Waals surface area contributed by atoms with Crippen LogP contribution in [0.4, 0.5) is 10.5 Å². The number of hydrogen-bond acceptors (Lipinski definition) is 4. The van der Waals surface area contributed by atoms with Crippen LogP contribution in [0.3, 0.4) is 0 Å². The Bertz CT molecular complexity index is 739. The third kappa shape index (κ3) is 6.53. The van der Waals surface area contributed by atoms with Crippen molar-refractivity contribution in [2.75, 3.05) is 18.5 Å². The Labute approximate surface area is 166 Å². The van der Waals surface area contributed by atoms with Gasteiger partial charge in [0.15, 0.2) is 0 Å². The van der Waals surface area contributed by atoms with Crippen molar-refractivity contribution in [1.29, 1.82) is 0 Å². The zero-order valence-corrected chi connectivity index (χ0v) is 16.4. The second-order valence-electron chi connectivity index (χ2n) is 7.19. The van der Waals surface area contributed by atoms with E-state index in [4.69, 9.17) is 9.47 Å². The van der Waals surface area contributed by atoms with Gasteiger partial charge in [0.25, 0.3) is 0 Å². The Balaban J connectivity index is 1.37. The van der Waals surface area contributed by atoms with Crippen LogP contribution in [-0.2, 0) is 11.3 Å². The summed E-state index contributed by atoms with van der Waals surface area (Å²) in [4.78, 5) is 16.3. The molecule has 0 radical (unpaired) electrons. The van der Waals surface area contributed by atoms with Crippen LogP contribution in [0.1, 0.15) is 38.3 Å². The summed E-state index contributed by atoms with van der Waals surface area (Å²) in [5.74, 6) is 1.29. The van der Waals surface area contributed by atoms with E-state index in [-0.39, 0.29) is 6.03 Å². The smallest absolute Gasteiger partial charge is 0.319 e. The molecule has 2 aromatic rings. The van der Waals surface area contributed by atoms with Crippen molar-refractivity contribution in [3.05, 3.63) is 54.4 Å². The Morgan fingerprint density at radius 3 is 2.89 bits per heavy atom. The van der Waals surface area contributed by atoms with E-state index in [2.05, 4.69) is 22.5 Å². The number of urea groups is 1. The number of rotatable bonds is 8. The molecule has 3 rings (SSSR count). The molecule has 0 aliphatic heterocycles. The van der Waals surface area contributed by atoms with Crippen LogP contribution in [0.15, 0.2) is 48.7 Å². The number of nitrogens with zero attached hydrogens (tertiary/aromatic N) is 1. The van der Waals surface area contributed by atoms with Gasteiger partial charge in [-0.2, -0.15) is 0 Å². The van der Waals surface area contributed by atoms with Gasteiger partial charge in [0.1, 0.15) is 12.4 Å². The first kappa shape index (κ1) is 20.1. The van der Waals surface area contributed by atoms with E-state index in [1.54, 1.807) is 12.3 Å². The molecule has 1 heterocycles. The van der Waals surface area contributed by atoms with Crippen LogP contribution in [0, 0.1) is 5.92 Å². The first-order valence-corrected chi connectivity index (χ1v) is 10.00. The van der Waals surface area contributed by atoms with Crippen molar-refractivity contribution in [2.24, 2.45) is 5.92 Å². The van der Waals surface area contributed by atoms with Gasteiger partial charge in [0.05, 0.1) is 18.4 Å². The molecular weight excluding hydrogens is 354 g/mol. The first-order chi connectivity index (χ1) is 13.7. The average Bonchev–Trinajstić information content (AvgIpc) is 2.72. The van der Waals surface area contributed by atoms with Gasteiger partial charge in [-0.25, -0.2) is 4.79 Å². The molecule has 28 heavy (non-hydrogen) atoms. The largest absolute Gasteiger partial charge is 0.487 e. The second-order valence-corrected chi connectivity index (χ2v) is 7.19. The number of hydrogen-bond donors (Lipinski definition) is 2. The molecule has 1 aromatic heterocycles. The Kier molecular flexibility index (Phi) is 7.67. The van der Waals surface area contributed by atoms with Crippen LogP contribution in [0.2, 0.25) is 0 Å². The van der Waals surface area contributed by atoms with Gasteiger partial charge < -0.3 is 20.1 Å². The minimum absolute atomic E-state index is 0.248. The van der Waals surface area contributed by atoms with Crippen LogP contribution in [0.5, 0.6) is 5.75 Å². The standard InChI is InChI=1S/C22H29N3O3/c1-17-7-2-3-11-21(17)27-14-13-24-22(26)25-18-9-6-10-20(15-18)28-16-19-8-4-5-12-23-19/h4-6,8-10,12,15,17,21H,2-3,7,11,13-14,16H2,1H3,(H2,24,25,26). The SMILES string of the molecule is CC1CCCCC1OCCNC(=O)Nc1cccc(OCc2ccccn2)c1. The lowest BCUT2D eigenvalue weighted by Gasteiger charge is -2.28. The molecule has 2 unspecified atom stereocenters. The molecule has 1 aromatic carbocycles. The molecule has 2 N–H and O–H groups in total. The predicted molar refractivity (Wildman–Crippen MR) is 109 cm³/mol. The number of ether oxygens (including phenoxy) is 2. The lowest BCUT2D eigenvalue weighted by molar-refractivity contribution is -0.00232. The number of carbonyl (C=O) groups is 1. The maximum Gasteiger partial charge on any atom is 0.319 e. The van der Waals surface area contributed by atoms with Crippen molar-refractivity contribution >= 4 is 11.7 Å². The summed E-state index contributed by atoms with van der Waals surface area (Å²) in [5, 5.41) is 5.66. The number of amides is 2. The third-order valence-electron chi connectivity index (χ3n) is 4.96. The number of nitrogens with one attached hydrogen (secondary N) is 2. The molecule has 1 aliphatic carbocycles. The molecule has 150 valence electrons. The van der Waals surface area contributed by atoms with Crippen LogP contribution >= 0.6 is 0 Å². The zero-order chi connectivity index (χ0) is 19.6. The summed E-state index contributed by atoms with van der Waals surface area (Å²) in [6.45, 7) is 3.65. The van der Waals surface area contributed by atoms with Gasteiger partial charge in [-0.3, -0.25) is 4.98 Å². The van der Waals surface area contributed by atoms with E-state index in [0.29, 0.717) is 43.2 Å². The fourth-order valence-corrected chi connectivity index (χ4v) is 3.38. The van der Waals surface area contributed by atoms with E-state index in [9.17, 15) is 4.79 Å². The van der Waals surface area contributed by atoms with Crippen LogP contribution < -0.4 is 15.4 Å². The summed E-state index contributed by atoms with van der Waals surface area (Å²) in [6.07, 6.45) is 6.95. The maximum atomic E-state index is 12.1. The van der Waals surface area contributed by atoms with Gasteiger partial charge in [0, 0.05) is 24.5 Å². The number of carbonyl (C=O) groups excluding carboxylic acids is 1. The van der Waals surface area contributed by atoms with Gasteiger partial charge >= 0.3 is 6.03 Å². The van der Waals surface area contributed by atoms with Gasteiger partial charge in [-0.1, -0.05) is 31.9 Å². The maximum absolute atomic E-state index is 12.1. The Hall–Kier alpha value is -2.60. The molecule has 0 bridgehead atoms. The van der Waals surface area contributed by atoms with Crippen molar-refractivity contribution in [2.45, 2.75) is 45.3 Å². The quantitative estimate of drug-likeness (QED) is 0.664. The highest BCUT2D eigenvalue weighted by molar-refractivity contribution is 5.89. The molecule has 0 saturated heterocycles. The van der Waals surface area contributed by atoms with Crippen LogP contribution in [-0.4, -0.2) is 30.3 Å². The van der Waals surface area contributed by atoms with E-state index >= 15 is 0 Å². The second kappa shape index (κ2) is 10.7. The highest BCUT2D eigenvalue weighted by Crippen LogP contribution is 2.26. The molecule has 1 fully saturated rings. The average molecular weight is 383 g/mol. The number of anilines is 1. The monoisotopic (exact) mass is 383 g/mol. The number of aromatic nitrogens is 1. The van der Waals surface area contributed by atoms with E-state index in [1.807, 2.05) is 36.4 Å². The first-order valence-electron chi connectivity index (χ1n) is 10.00. The summed E-state index contributed by atoms with van der Waals surface area (Å²) >= 11 is 0. The summed E-state index contributed by atoms with van der Waals surface area (Å²) < 4.78 is 11.7. The summed E-state index contributed by atoms with van der Waals surface area (Å²) in [7, 11) is 0. The molecule has 1 saturated carbocycles. The lowest BCUT2D eigenvalue weighted by atomic mass is 9.88. The Morgan fingerprint density at radius 1 is 1.18 bits per heavy atom. The molecular formula is C22H29N3O3. The van der Waals surface area contributed by atoms with E-state index in [0.717, 1.165) is 12.1 Å². The number of pyridine rings is 1. The fourth-order valence-electron chi connectivity index (χ4n) is 3.38. The van der Waals surface area contributed by atoms with Crippen molar-refractivity contribution < 1.29 is 14.3 Å². The third-order valence-corrected chi connectivity index (χ3v) is 4.96. The van der Waals surface area contributed by atoms with Crippen molar-refractivity contribution in [3.63, 3.8) is 0 Å². The van der Waals surface area contributed by atoms with Crippen molar-refractivity contribution in [3.8, 4) is 5.75 Å². The highest BCUT2D eigenvalue weighted by Gasteiger charge is 2.21. The summed E-state index contributed by atoms with van der Waals surface area (Å²) in [5.41, 5.74) is 1.53. The van der Waals surface area contributed by atoms with E-state index < -0.39 is 0 Å². The van der Waals surface area contributed by atoms with Gasteiger partial charge in [-0.15, -0.1) is 0 Å². The molecule has 6 nitrogen and oxygen atoms in total. The molecule has 6 heteroatoms. The fraction of sp³-hybridized carbons (Fsp3) is 0.455.